The molecule has 0 aliphatic rings. The van der Waals surface area contributed by atoms with Gasteiger partial charge in [-0.25, -0.2) is 0 Å². The number of ketones is 1. The van der Waals surface area contributed by atoms with Crippen molar-refractivity contribution in [2.75, 3.05) is 18.5 Å². The molecule has 3 nitrogen and oxygen atoms in total. The molecule has 1 rings (SSSR count). The highest BCUT2D eigenvalue weighted by molar-refractivity contribution is 6.01. The van der Waals surface area contributed by atoms with Crippen molar-refractivity contribution in [2.24, 2.45) is 5.92 Å². The van der Waals surface area contributed by atoms with Crippen LogP contribution in [0.3, 0.4) is 0 Å². The van der Waals surface area contributed by atoms with Crippen LogP contribution in [0.4, 0.5) is 5.69 Å². The van der Waals surface area contributed by atoms with Gasteiger partial charge in [-0.15, -0.1) is 0 Å². The summed E-state index contributed by atoms with van der Waals surface area (Å²) in [4.78, 5) is 13.8. The number of hydrogen-bond donors (Lipinski definition) is 0. The number of benzene rings is 1. The number of carbonyl (C=O) groups is 1. The number of nitriles is 1. The smallest absolute Gasteiger partial charge is 0.164 e. The summed E-state index contributed by atoms with van der Waals surface area (Å²) < 4.78 is 0. The Balaban J connectivity index is 2.97. The molecule has 0 N–H and O–H groups in total. The molecule has 1 unspecified atom stereocenters. The van der Waals surface area contributed by atoms with Gasteiger partial charge in [-0.05, 0) is 19.1 Å². The molecule has 0 saturated heterocycles. The van der Waals surface area contributed by atoms with E-state index in [0.717, 1.165) is 11.3 Å². The Bertz CT molecular complexity index is 434. The van der Waals surface area contributed by atoms with Crippen LogP contribution in [0.25, 0.3) is 0 Å². The second-order valence-corrected chi connectivity index (χ2v) is 4.20. The summed E-state index contributed by atoms with van der Waals surface area (Å²) in [6, 6.07) is 9.75. The largest absolute Gasteiger partial charge is 0.373 e. The molecule has 0 aliphatic heterocycles. The fourth-order valence-electron chi connectivity index (χ4n) is 1.78. The normalized spacial score (nSPS) is 11.6. The third-order valence-corrected chi connectivity index (χ3v) is 2.70. The summed E-state index contributed by atoms with van der Waals surface area (Å²) in [5, 5.41) is 8.81. The molecule has 1 aromatic carbocycles. The molecule has 17 heavy (non-hydrogen) atoms. The van der Waals surface area contributed by atoms with Gasteiger partial charge in [-0.1, -0.05) is 19.1 Å². The summed E-state index contributed by atoms with van der Waals surface area (Å²) in [7, 11) is 1.91. The van der Waals surface area contributed by atoms with E-state index in [1.54, 1.807) is 0 Å². The van der Waals surface area contributed by atoms with Gasteiger partial charge in [0, 0.05) is 31.3 Å². The molecule has 3 heteroatoms. The van der Waals surface area contributed by atoms with Crippen LogP contribution in [0.5, 0.6) is 0 Å². The van der Waals surface area contributed by atoms with Gasteiger partial charge >= 0.3 is 0 Å². The minimum Gasteiger partial charge on any atom is -0.373 e. The Morgan fingerprint density at radius 2 is 2.12 bits per heavy atom. The molecule has 0 aliphatic carbocycles. The van der Waals surface area contributed by atoms with Gasteiger partial charge in [-0.2, -0.15) is 5.26 Å². The van der Waals surface area contributed by atoms with Gasteiger partial charge in [0.2, 0.25) is 0 Å². The fourth-order valence-corrected chi connectivity index (χ4v) is 1.78. The molecule has 0 fully saturated rings. The van der Waals surface area contributed by atoms with E-state index >= 15 is 0 Å². The zero-order valence-electron chi connectivity index (χ0n) is 10.6. The lowest BCUT2D eigenvalue weighted by Crippen LogP contribution is -2.25. The first kappa shape index (κ1) is 13.2. The number of para-hydroxylation sites is 1. The lowest BCUT2D eigenvalue weighted by atomic mass is 10.1. The SMILES string of the molecule is CCC(=O)c1ccccc1N(C)CC(C)C#N. The minimum atomic E-state index is -0.0511. The number of hydrogen-bond acceptors (Lipinski definition) is 3. The number of Topliss-reactive ketones (excluding diaryl/α,β-unsaturated/α-hetero) is 1. The highest BCUT2D eigenvalue weighted by Gasteiger charge is 2.13. The van der Waals surface area contributed by atoms with Crippen molar-refractivity contribution in [3.05, 3.63) is 29.8 Å². The zero-order valence-corrected chi connectivity index (χ0v) is 10.6. The highest BCUT2D eigenvalue weighted by Crippen LogP contribution is 2.21. The van der Waals surface area contributed by atoms with E-state index in [1.165, 1.54) is 0 Å². The number of anilines is 1. The minimum absolute atomic E-state index is 0.0511. The Hall–Kier alpha value is -1.82. The van der Waals surface area contributed by atoms with Gasteiger partial charge < -0.3 is 4.90 Å². The average molecular weight is 230 g/mol. The summed E-state index contributed by atoms with van der Waals surface area (Å²) in [5.74, 6) is 0.0850. The van der Waals surface area contributed by atoms with E-state index in [9.17, 15) is 4.79 Å². The molecule has 0 saturated carbocycles. The molecule has 0 bridgehead atoms. The summed E-state index contributed by atoms with van der Waals surface area (Å²) >= 11 is 0. The van der Waals surface area contributed by atoms with Crippen LogP contribution in [0, 0.1) is 17.2 Å². The van der Waals surface area contributed by atoms with Crippen LogP contribution in [0.2, 0.25) is 0 Å². The van der Waals surface area contributed by atoms with Crippen molar-refractivity contribution in [3.8, 4) is 6.07 Å². The van der Waals surface area contributed by atoms with Gasteiger partial charge in [0.1, 0.15) is 0 Å². The summed E-state index contributed by atoms with van der Waals surface area (Å²) in [6.07, 6.45) is 0.499. The van der Waals surface area contributed by atoms with Crippen molar-refractivity contribution in [2.45, 2.75) is 20.3 Å². The number of rotatable bonds is 5. The molecule has 1 aromatic rings. The van der Waals surface area contributed by atoms with E-state index in [1.807, 2.05) is 50.1 Å². The van der Waals surface area contributed by atoms with Gasteiger partial charge in [0.15, 0.2) is 5.78 Å². The molecule has 90 valence electrons. The molecule has 0 spiro atoms. The topological polar surface area (TPSA) is 44.1 Å². The molecule has 0 heterocycles. The monoisotopic (exact) mass is 230 g/mol. The van der Waals surface area contributed by atoms with Crippen LogP contribution in [-0.2, 0) is 0 Å². The standard InChI is InChI=1S/C14H18N2O/c1-4-14(17)12-7-5-6-8-13(12)16(3)10-11(2)9-15/h5-8,11H,4,10H2,1-3H3. The molecular formula is C14H18N2O. The Labute approximate surface area is 103 Å². The second kappa shape index (κ2) is 6.05. The van der Waals surface area contributed by atoms with Gasteiger partial charge in [-0.3, -0.25) is 4.79 Å². The average Bonchev–Trinajstić information content (AvgIpc) is 2.37. The maximum absolute atomic E-state index is 11.8. The second-order valence-electron chi connectivity index (χ2n) is 4.20. The lowest BCUT2D eigenvalue weighted by Gasteiger charge is -2.22. The number of nitrogens with zero attached hydrogens (tertiary/aromatic N) is 2. The third-order valence-electron chi connectivity index (χ3n) is 2.70. The van der Waals surface area contributed by atoms with E-state index in [-0.39, 0.29) is 11.7 Å². The summed E-state index contributed by atoms with van der Waals surface area (Å²) in [6.45, 7) is 4.36. The van der Waals surface area contributed by atoms with Gasteiger partial charge in [0.05, 0.1) is 12.0 Å². The first-order valence-electron chi connectivity index (χ1n) is 5.83. The molecule has 0 amide bonds. The van der Waals surface area contributed by atoms with Crippen molar-refractivity contribution >= 4 is 11.5 Å². The maximum Gasteiger partial charge on any atom is 0.164 e. The Morgan fingerprint density at radius 3 is 2.71 bits per heavy atom. The highest BCUT2D eigenvalue weighted by atomic mass is 16.1. The fraction of sp³-hybridized carbons (Fsp3) is 0.429. The van der Waals surface area contributed by atoms with Crippen molar-refractivity contribution in [1.29, 1.82) is 5.26 Å². The van der Waals surface area contributed by atoms with E-state index < -0.39 is 0 Å². The summed E-state index contributed by atoms with van der Waals surface area (Å²) in [5.41, 5.74) is 1.64. The Morgan fingerprint density at radius 1 is 1.47 bits per heavy atom. The molecular weight excluding hydrogens is 212 g/mol. The quantitative estimate of drug-likeness (QED) is 0.730. The lowest BCUT2D eigenvalue weighted by molar-refractivity contribution is 0.0988. The number of carbonyl (C=O) groups excluding carboxylic acids is 1. The Kier molecular flexibility index (Phi) is 4.71. The van der Waals surface area contributed by atoms with Crippen LogP contribution in [0.1, 0.15) is 30.6 Å². The van der Waals surface area contributed by atoms with E-state index in [0.29, 0.717) is 13.0 Å². The van der Waals surface area contributed by atoms with Crippen LogP contribution < -0.4 is 4.90 Å². The predicted octanol–water partition coefficient (Wildman–Crippen LogP) is 2.88. The first-order chi connectivity index (χ1) is 8.10. The molecule has 0 radical (unpaired) electrons. The zero-order chi connectivity index (χ0) is 12.8. The van der Waals surface area contributed by atoms with Crippen LogP contribution >= 0.6 is 0 Å². The van der Waals surface area contributed by atoms with E-state index in [2.05, 4.69) is 6.07 Å². The maximum atomic E-state index is 11.8. The third kappa shape index (κ3) is 3.32. The van der Waals surface area contributed by atoms with Crippen molar-refractivity contribution in [3.63, 3.8) is 0 Å². The predicted molar refractivity (Wildman–Crippen MR) is 69.1 cm³/mol. The van der Waals surface area contributed by atoms with E-state index in [4.69, 9.17) is 5.26 Å². The van der Waals surface area contributed by atoms with Crippen LogP contribution in [0.15, 0.2) is 24.3 Å². The van der Waals surface area contributed by atoms with Crippen molar-refractivity contribution in [1.82, 2.24) is 0 Å². The molecule has 0 aromatic heterocycles. The molecule has 1 atom stereocenters. The first-order valence-corrected chi connectivity index (χ1v) is 5.83. The van der Waals surface area contributed by atoms with Crippen LogP contribution in [-0.4, -0.2) is 19.4 Å². The van der Waals surface area contributed by atoms with Gasteiger partial charge in [0.25, 0.3) is 0 Å². The van der Waals surface area contributed by atoms with Crippen molar-refractivity contribution < 1.29 is 4.79 Å².